The van der Waals surface area contributed by atoms with E-state index in [1.54, 1.807) is 18.2 Å². The van der Waals surface area contributed by atoms with Gasteiger partial charge in [-0.05, 0) is 25.5 Å². The van der Waals surface area contributed by atoms with Gasteiger partial charge in [-0.2, -0.15) is 0 Å². The van der Waals surface area contributed by atoms with Crippen LogP contribution in [0.15, 0.2) is 30.3 Å². The molecule has 0 saturated carbocycles. The van der Waals surface area contributed by atoms with Crippen LogP contribution in [0.4, 0.5) is 21.7 Å². The predicted octanol–water partition coefficient (Wildman–Crippen LogP) is 3.90. The standard InChI is InChI=1S/C16H21FN4/c1-4-5-10-21(3)16-11-15(18-12(2)19-16)20-14-9-7-6-8-13(14)17/h6-9,11H,4-5,10H2,1-3H3,(H,18,19,20). The molecule has 4 nitrogen and oxygen atoms in total. The molecule has 112 valence electrons. The second kappa shape index (κ2) is 7.02. The van der Waals surface area contributed by atoms with Crippen LogP contribution in [0.1, 0.15) is 25.6 Å². The maximum atomic E-state index is 13.7. The molecule has 0 aliphatic carbocycles. The lowest BCUT2D eigenvalue weighted by atomic mass is 10.3. The highest BCUT2D eigenvalue weighted by Crippen LogP contribution is 2.21. The number of para-hydroxylation sites is 1. The molecule has 5 heteroatoms. The van der Waals surface area contributed by atoms with Gasteiger partial charge >= 0.3 is 0 Å². The fourth-order valence-corrected chi connectivity index (χ4v) is 2.02. The molecular formula is C16H21FN4. The Bertz CT molecular complexity index is 601. The highest BCUT2D eigenvalue weighted by molar-refractivity contribution is 5.60. The van der Waals surface area contributed by atoms with Crippen LogP contribution in [0.5, 0.6) is 0 Å². The predicted molar refractivity (Wildman–Crippen MR) is 84.6 cm³/mol. The summed E-state index contributed by atoms with van der Waals surface area (Å²) in [4.78, 5) is 10.8. The van der Waals surface area contributed by atoms with Crippen LogP contribution in [-0.4, -0.2) is 23.6 Å². The third-order valence-electron chi connectivity index (χ3n) is 3.20. The summed E-state index contributed by atoms with van der Waals surface area (Å²) in [5.41, 5.74) is 0.415. The molecule has 0 unspecified atom stereocenters. The van der Waals surface area contributed by atoms with E-state index >= 15 is 0 Å². The van der Waals surface area contributed by atoms with E-state index < -0.39 is 0 Å². The number of anilines is 3. The minimum Gasteiger partial charge on any atom is -0.360 e. The Labute approximate surface area is 125 Å². The number of aromatic nitrogens is 2. The minimum absolute atomic E-state index is 0.297. The van der Waals surface area contributed by atoms with Crippen LogP contribution in [0.25, 0.3) is 0 Å². The molecule has 0 saturated heterocycles. The zero-order valence-electron chi connectivity index (χ0n) is 12.7. The average Bonchev–Trinajstić information content (AvgIpc) is 2.46. The van der Waals surface area contributed by atoms with Crippen molar-refractivity contribution in [3.8, 4) is 0 Å². The number of aryl methyl sites for hydroxylation is 1. The van der Waals surface area contributed by atoms with Crippen molar-refractivity contribution in [3.63, 3.8) is 0 Å². The number of halogens is 1. The minimum atomic E-state index is -0.297. The molecule has 1 aromatic carbocycles. The van der Waals surface area contributed by atoms with Crippen LogP contribution in [0, 0.1) is 12.7 Å². The number of benzene rings is 1. The fourth-order valence-electron chi connectivity index (χ4n) is 2.02. The van der Waals surface area contributed by atoms with Crippen molar-refractivity contribution in [1.29, 1.82) is 0 Å². The molecule has 0 bridgehead atoms. The van der Waals surface area contributed by atoms with Crippen molar-refractivity contribution in [2.45, 2.75) is 26.7 Å². The molecule has 1 aromatic heterocycles. The number of nitrogens with one attached hydrogen (secondary N) is 1. The van der Waals surface area contributed by atoms with E-state index in [1.807, 2.05) is 20.0 Å². The zero-order chi connectivity index (χ0) is 15.2. The zero-order valence-corrected chi connectivity index (χ0v) is 12.7. The monoisotopic (exact) mass is 288 g/mol. The van der Waals surface area contributed by atoms with E-state index in [1.165, 1.54) is 6.07 Å². The highest BCUT2D eigenvalue weighted by atomic mass is 19.1. The van der Waals surface area contributed by atoms with E-state index in [-0.39, 0.29) is 5.82 Å². The molecule has 0 spiro atoms. The Kier molecular flexibility index (Phi) is 5.09. The molecule has 0 radical (unpaired) electrons. The number of nitrogens with zero attached hydrogens (tertiary/aromatic N) is 3. The first-order valence-electron chi connectivity index (χ1n) is 7.18. The van der Waals surface area contributed by atoms with Gasteiger partial charge in [-0.25, -0.2) is 14.4 Å². The average molecular weight is 288 g/mol. The summed E-state index contributed by atoms with van der Waals surface area (Å²) in [7, 11) is 2.00. The lowest BCUT2D eigenvalue weighted by Crippen LogP contribution is -2.20. The summed E-state index contributed by atoms with van der Waals surface area (Å²) >= 11 is 0. The Morgan fingerprint density at radius 1 is 1.24 bits per heavy atom. The molecule has 1 N–H and O–H groups in total. The second-order valence-corrected chi connectivity index (χ2v) is 5.04. The van der Waals surface area contributed by atoms with Crippen molar-refractivity contribution < 1.29 is 4.39 Å². The van der Waals surface area contributed by atoms with Gasteiger partial charge in [0.15, 0.2) is 0 Å². The van der Waals surface area contributed by atoms with E-state index in [2.05, 4.69) is 27.1 Å². The summed E-state index contributed by atoms with van der Waals surface area (Å²) in [6, 6.07) is 8.40. The molecule has 2 aromatic rings. The smallest absolute Gasteiger partial charge is 0.146 e. The van der Waals surface area contributed by atoms with Gasteiger partial charge in [0.25, 0.3) is 0 Å². The highest BCUT2D eigenvalue weighted by Gasteiger charge is 2.08. The van der Waals surface area contributed by atoms with Crippen molar-refractivity contribution in [3.05, 3.63) is 42.0 Å². The van der Waals surface area contributed by atoms with Crippen molar-refractivity contribution >= 4 is 17.3 Å². The van der Waals surface area contributed by atoms with Gasteiger partial charge in [0.05, 0.1) is 5.69 Å². The Balaban J connectivity index is 2.21. The molecule has 0 aliphatic rings. The van der Waals surface area contributed by atoms with Crippen molar-refractivity contribution in [2.75, 3.05) is 23.8 Å². The van der Waals surface area contributed by atoms with Crippen LogP contribution >= 0.6 is 0 Å². The van der Waals surface area contributed by atoms with Crippen LogP contribution in [-0.2, 0) is 0 Å². The first-order chi connectivity index (χ1) is 10.1. The quantitative estimate of drug-likeness (QED) is 0.875. The molecule has 21 heavy (non-hydrogen) atoms. The molecule has 2 rings (SSSR count). The summed E-state index contributed by atoms with van der Waals surface area (Å²) in [6.07, 6.45) is 2.24. The van der Waals surface area contributed by atoms with Gasteiger partial charge < -0.3 is 10.2 Å². The third-order valence-corrected chi connectivity index (χ3v) is 3.20. The van der Waals surface area contributed by atoms with Gasteiger partial charge in [-0.1, -0.05) is 25.5 Å². The largest absolute Gasteiger partial charge is 0.360 e. The lowest BCUT2D eigenvalue weighted by Gasteiger charge is -2.19. The van der Waals surface area contributed by atoms with Gasteiger partial charge in [0.2, 0.25) is 0 Å². The number of hydrogen-bond acceptors (Lipinski definition) is 4. The third kappa shape index (κ3) is 4.15. The summed E-state index contributed by atoms with van der Waals surface area (Å²) in [6.45, 7) is 4.93. The fraction of sp³-hybridized carbons (Fsp3) is 0.375. The Morgan fingerprint density at radius 2 is 2.00 bits per heavy atom. The molecule has 0 atom stereocenters. The molecule has 0 amide bonds. The van der Waals surface area contributed by atoms with Gasteiger partial charge in [-0.15, -0.1) is 0 Å². The molecular weight excluding hydrogens is 267 g/mol. The number of unbranched alkanes of at least 4 members (excludes halogenated alkanes) is 1. The normalized spacial score (nSPS) is 10.5. The lowest BCUT2D eigenvalue weighted by molar-refractivity contribution is 0.632. The topological polar surface area (TPSA) is 41.0 Å². The van der Waals surface area contributed by atoms with E-state index in [0.29, 0.717) is 17.3 Å². The van der Waals surface area contributed by atoms with Crippen molar-refractivity contribution in [2.24, 2.45) is 0 Å². The van der Waals surface area contributed by atoms with E-state index in [0.717, 1.165) is 25.2 Å². The number of rotatable bonds is 6. The van der Waals surface area contributed by atoms with Gasteiger partial charge in [0.1, 0.15) is 23.3 Å². The summed E-state index contributed by atoms with van der Waals surface area (Å²) in [5, 5.41) is 3.01. The maximum Gasteiger partial charge on any atom is 0.146 e. The Hall–Kier alpha value is -2.17. The first-order valence-corrected chi connectivity index (χ1v) is 7.18. The van der Waals surface area contributed by atoms with Crippen molar-refractivity contribution in [1.82, 2.24) is 9.97 Å². The van der Waals surface area contributed by atoms with Gasteiger partial charge in [0, 0.05) is 19.7 Å². The first kappa shape index (κ1) is 15.2. The SMILES string of the molecule is CCCCN(C)c1cc(Nc2ccccc2F)nc(C)n1. The molecule has 1 heterocycles. The maximum absolute atomic E-state index is 13.7. The summed E-state index contributed by atoms with van der Waals surface area (Å²) in [5.74, 6) is 1.81. The van der Waals surface area contributed by atoms with Gasteiger partial charge in [-0.3, -0.25) is 0 Å². The Morgan fingerprint density at radius 3 is 2.71 bits per heavy atom. The van der Waals surface area contributed by atoms with Crippen LogP contribution < -0.4 is 10.2 Å². The second-order valence-electron chi connectivity index (χ2n) is 5.04. The van der Waals surface area contributed by atoms with Crippen LogP contribution in [0.3, 0.4) is 0 Å². The van der Waals surface area contributed by atoms with Crippen LogP contribution in [0.2, 0.25) is 0 Å². The summed E-state index contributed by atoms with van der Waals surface area (Å²) < 4.78 is 13.7. The number of hydrogen-bond donors (Lipinski definition) is 1. The molecule has 0 fully saturated rings. The van der Waals surface area contributed by atoms with E-state index in [4.69, 9.17) is 0 Å². The molecule has 0 aliphatic heterocycles. The van der Waals surface area contributed by atoms with E-state index in [9.17, 15) is 4.39 Å².